The number of halogens is 1. The van der Waals surface area contributed by atoms with Gasteiger partial charge in [-0.3, -0.25) is 9.36 Å². The van der Waals surface area contributed by atoms with Crippen LogP contribution in [0.3, 0.4) is 0 Å². The average molecular weight is 492 g/mol. The molecular weight excluding hydrogens is 461 g/mol. The van der Waals surface area contributed by atoms with Crippen LogP contribution in [0.15, 0.2) is 47.3 Å². The third-order valence-electron chi connectivity index (χ3n) is 6.50. The Morgan fingerprint density at radius 2 is 1.94 bits per heavy atom. The number of nitriles is 1. The minimum absolute atomic E-state index is 0.0720. The Morgan fingerprint density at radius 3 is 2.56 bits per heavy atom. The normalized spacial score (nSPS) is 15.6. The second-order valence-electron chi connectivity index (χ2n) is 9.20. The van der Waals surface area contributed by atoms with Gasteiger partial charge in [-0.2, -0.15) is 5.26 Å². The fraction of sp³-hybridized carbons (Fsp3) is 0.370. The Bertz CT molecular complexity index is 1330. The lowest BCUT2D eigenvalue weighted by Gasteiger charge is -2.25. The van der Waals surface area contributed by atoms with E-state index in [1.165, 1.54) is 16.7 Å². The first kappa shape index (κ1) is 25.4. The molecule has 1 aliphatic heterocycles. The fourth-order valence-corrected chi connectivity index (χ4v) is 4.68. The molecule has 1 atom stereocenters. The average Bonchev–Trinajstić information content (AvgIpc) is 3.28. The zero-order valence-electron chi connectivity index (χ0n) is 20.7. The van der Waals surface area contributed by atoms with E-state index in [0.29, 0.717) is 40.0 Å². The molecule has 0 amide bonds. The Morgan fingerprint density at radius 1 is 1.22 bits per heavy atom. The summed E-state index contributed by atoms with van der Waals surface area (Å²) in [5.74, 6) is 0.835. The first-order valence-electron chi connectivity index (χ1n) is 11.9. The number of aliphatic hydroxyl groups is 1. The summed E-state index contributed by atoms with van der Waals surface area (Å²) >= 11 is 0. The molecule has 3 aromatic rings. The number of aromatic nitrogens is 2. The molecule has 0 spiro atoms. The second-order valence-corrected chi connectivity index (χ2v) is 9.20. The van der Waals surface area contributed by atoms with Crippen LogP contribution in [0.25, 0.3) is 22.4 Å². The van der Waals surface area contributed by atoms with Crippen LogP contribution in [-0.4, -0.2) is 66.5 Å². The summed E-state index contributed by atoms with van der Waals surface area (Å²) in [6.07, 6.45) is 1.07. The molecule has 1 fully saturated rings. The van der Waals surface area contributed by atoms with Gasteiger partial charge in [-0.1, -0.05) is 18.2 Å². The largest absolute Gasteiger partial charge is 0.491 e. The summed E-state index contributed by atoms with van der Waals surface area (Å²) in [7, 11) is 5.70. The maximum absolute atomic E-state index is 14.6. The van der Waals surface area contributed by atoms with Gasteiger partial charge in [-0.05, 0) is 55.8 Å². The highest BCUT2D eigenvalue weighted by Crippen LogP contribution is 2.32. The second kappa shape index (κ2) is 10.9. The Balaban J connectivity index is 1.82. The number of ether oxygens (including phenoxy) is 1. The van der Waals surface area contributed by atoms with Crippen molar-refractivity contribution in [1.82, 2.24) is 14.5 Å². The molecular formula is C27H30FN5O3. The van der Waals surface area contributed by atoms with Gasteiger partial charge in [0, 0.05) is 32.7 Å². The summed E-state index contributed by atoms with van der Waals surface area (Å²) in [5.41, 5.74) is 1.35. The standard InChI is InChI=1S/C27H30FN5O3/c1-31-11-10-18(16-31)17-32(2)27-30-25(20-4-5-21(15-29)23(28)14-20)24(26(35)33(27)3)19-6-8-22(9-7-19)36-13-12-34/h4-9,14,18,34H,10-13,16-17H2,1-3H3. The van der Waals surface area contributed by atoms with Crippen molar-refractivity contribution in [1.29, 1.82) is 5.26 Å². The van der Waals surface area contributed by atoms with Crippen LogP contribution in [-0.2, 0) is 7.05 Å². The molecule has 2 aromatic carbocycles. The lowest BCUT2D eigenvalue weighted by molar-refractivity contribution is 0.201. The van der Waals surface area contributed by atoms with Crippen LogP contribution < -0.4 is 15.2 Å². The van der Waals surface area contributed by atoms with Gasteiger partial charge in [0.2, 0.25) is 5.95 Å². The maximum Gasteiger partial charge on any atom is 0.263 e. The van der Waals surface area contributed by atoms with Gasteiger partial charge >= 0.3 is 0 Å². The molecule has 9 heteroatoms. The lowest BCUT2D eigenvalue weighted by atomic mass is 9.99. The number of hydrogen-bond acceptors (Lipinski definition) is 7. The highest BCUT2D eigenvalue weighted by molar-refractivity contribution is 5.81. The molecule has 0 saturated carbocycles. The number of anilines is 1. The molecule has 36 heavy (non-hydrogen) atoms. The van der Waals surface area contributed by atoms with Gasteiger partial charge in [-0.15, -0.1) is 0 Å². The third-order valence-corrected chi connectivity index (χ3v) is 6.50. The van der Waals surface area contributed by atoms with Crippen LogP contribution in [0, 0.1) is 23.1 Å². The van der Waals surface area contributed by atoms with E-state index in [0.717, 1.165) is 26.1 Å². The number of hydrogen-bond donors (Lipinski definition) is 1. The van der Waals surface area contributed by atoms with Gasteiger partial charge in [0.1, 0.15) is 24.2 Å². The molecule has 2 heterocycles. The number of aliphatic hydroxyl groups excluding tert-OH is 1. The summed E-state index contributed by atoms with van der Waals surface area (Å²) in [5, 5.41) is 18.1. The van der Waals surface area contributed by atoms with Crippen molar-refractivity contribution in [2.75, 3.05) is 51.8 Å². The molecule has 1 saturated heterocycles. The van der Waals surface area contributed by atoms with E-state index in [1.54, 1.807) is 37.4 Å². The smallest absolute Gasteiger partial charge is 0.263 e. The Hall–Kier alpha value is -3.74. The predicted octanol–water partition coefficient (Wildman–Crippen LogP) is 2.88. The number of benzene rings is 2. The highest BCUT2D eigenvalue weighted by Gasteiger charge is 2.25. The van der Waals surface area contributed by atoms with Crippen LogP contribution in [0.5, 0.6) is 5.75 Å². The zero-order valence-corrected chi connectivity index (χ0v) is 20.7. The third kappa shape index (κ3) is 5.25. The van der Waals surface area contributed by atoms with E-state index in [2.05, 4.69) is 11.9 Å². The van der Waals surface area contributed by atoms with Crippen molar-refractivity contribution in [3.63, 3.8) is 0 Å². The molecule has 0 bridgehead atoms. The summed E-state index contributed by atoms with van der Waals surface area (Å²) in [4.78, 5) is 22.9. The molecule has 0 radical (unpaired) electrons. The van der Waals surface area contributed by atoms with Crippen molar-refractivity contribution >= 4 is 5.95 Å². The molecule has 8 nitrogen and oxygen atoms in total. The van der Waals surface area contributed by atoms with Gasteiger partial charge in [0.15, 0.2) is 0 Å². The number of nitrogens with zero attached hydrogens (tertiary/aromatic N) is 5. The monoisotopic (exact) mass is 491 g/mol. The fourth-order valence-electron chi connectivity index (χ4n) is 4.68. The van der Waals surface area contributed by atoms with Gasteiger partial charge in [0.05, 0.1) is 23.4 Å². The van der Waals surface area contributed by atoms with Crippen molar-refractivity contribution in [2.45, 2.75) is 6.42 Å². The van der Waals surface area contributed by atoms with E-state index < -0.39 is 5.82 Å². The minimum atomic E-state index is -0.667. The van der Waals surface area contributed by atoms with Gasteiger partial charge < -0.3 is 19.6 Å². The first-order chi connectivity index (χ1) is 17.3. The molecule has 188 valence electrons. The SMILES string of the molecule is CN1CCC(CN(C)c2nc(-c3ccc(C#N)c(F)c3)c(-c3ccc(OCCO)cc3)c(=O)n2C)C1. The van der Waals surface area contributed by atoms with E-state index >= 15 is 0 Å². The molecule has 1 aromatic heterocycles. The van der Waals surface area contributed by atoms with Crippen molar-refractivity contribution in [2.24, 2.45) is 13.0 Å². The van der Waals surface area contributed by atoms with Crippen molar-refractivity contribution in [3.05, 3.63) is 64.2 Å². The molecule has 0 aliphatic carbocycles. The Labute approximate surface area is 209 Å². The maximum atomic E-state index is 14.6. The minimum Gasteiger partial charge on any atom is -0.491 e. The molecule has 1 unspecified atom stereocenters. The summed E-state index contributed by atoms with van der Waals surface area (Å²) < 4.78 is 21.6. The lowest BCUT2D eigenvalue weighted by Crippen LogP contribution is -2.34. The first-order valence-corrected chi connectivity index (χ1v) is 11.9. The molecule has 1 N–H and O–H groups in total. The van der Waals surface area contributed by atoms with Crippen molar-refractivity contribution in [3.8, 4) is 34.2 Å². The molecule has 1 aliphatic rings. The van der Waals surface area contributed by atoms with Crippen LogP contribution >= 0.6 is 0 Å². The predicted molar refractivity (Wildman–Crippen MR) is 136 cm³/mol. The highest BCUT2D eigenvalue weighted by atomic mass is 19.1. The quantitative estimate of drug-likeness (QED) is 0.518. The number of likely N-dealkylation sites (tertiary alicyclic amines) is 1. The van der Waals surface area contributed by atoms with Gasteiger partial charge in [0.25, 0.3) is 5.56 Å². The Kier molecular flexibility index (Phi) is 7.67. The topological polar surface area (TPSA) is 94.6 Å². The zero-order chi connectivity index (χ0) is 25.8. The van der Waals surface area contributed by atoms with Crippen LogP contribution in [0.2, 0.25) is 0 Å². The van der Waals surface area contributed by atoms with E-state index in [4.69, 9.17) is 20.1 Å². The van der Waals surface area contributed by atoms with Gasteiger partial charge in [-0.25, -0.2) is 9.37 Å². The van der Waals surface area contributed by atoms with Crippen molar-refractivity contribution < 1.29 is 14.2 Å². The van der Waals surface area contributed by atoms with E-state index in [-0.39, 0.29) is 24.3 Å². The summed E-state index contributed by atoms with van der Waals surface area (Å²) in [6, 6.07) is 13.0. The van der Waals surface area contributed by atoms with E-state index in [1.807, 2.05) is 18.0 Å². The van der Waals surface area contributed by atoms with Crippen LogP contribution in [0.4, 0.5) is 10.3 Å². The number of rotatable bonds is 8. The molecule has 4 rings (SSSR count). The van der Waals surface area contributed by atoms with Crippen LogP contribution in [0.1, 0.15) is 12.0 Å². The summed E-state index contributed by atoms with van der Waals surface area (Å²) in [6.45, 7) is 2.82. The van der Waals surface area contributed by atoms with E-state index in [9.17, 15) is 9.18 Å².